The van der Waals surface area contributed by atoms with Crippen molar-refractivity contribution in [2.24, 2.45) is 0 Å². The Morgan fingerprint density at radius 2 is 1.73 bits per heavy atom. The van der Waals surface area contributed by atoms with E-state index >= 15 is 0 Å². The lowest BCUT2D eigenvalue weighted by molar-refractivity contribution is -0.142. The number of para-hydroxylation sites is 2. The van der Waals surface area contributed by atoms with Crippen LogP contribution in [0, 0.1) is 6.92 Å². The number of nitrogens with zero attached hydrogens (tertiary/aromatic N) is 2. The summed E-state index contributed by atoms with van der Waals surface area (Å²) in [6.07, 6.45) is -0.633. The number of fused-ring (bicyclic) bond motifs is 1. The highest BCUT2D eigenvalue weighted by Crippen LogP contribution is 2.31. The van der Waals surface area contributed by atoms with Crippen molar-refractivity contribution < 1.29 is 19.1 Å². The van der Waals surface area contributed by atoms with E-state index in [0.29, 0.717) is 37.7 Å². The third-order valence-corrected chi connectivity index (χ3v) is 5.72. The summed E-state index contributed by atoms with van der Waals surface area (Å²) in [5, 5.41) is 1.93. The minimum absolute atomic E-state index is 0.0516. The van der Waals surface area contributed by atoms with E-state index in [9.17, 15) is 9.59 Å². The van der Waals surface area contributed by atoms with Gasteiger partial charge in [-0.2, -0.15) is 0 Å². The average molecular weight is 372 g/mol. The summed E-state index contributed by atoms with van der Waals surface area (Å²) in [5.41, 5.74) is 1.00. The van der Waals surface area contributed by atoms with Crippen LogP contribution in [0.2, 0.25) is 0 Å². The van der Waals surface area contributed by atoms with Crippen molar-refractivity contribution in [3.05, 3.63) is 46.2 Å². The Hall–Kier alpha value is -2.54. The van der Waals surface area contributed by atoms with Crippen LogP contribution < -0.4 is 9.47 Å². The predicted octanol–water partition coefficient (Wildman–Crippen LogP) is 2.18. The van der Waals surface area contributed by atoms with E-state index in [1.165, 1.54) is 11.3 Å². The number of rotatable bonds is 2. The summed E-state index contributed by atoms with van der Waals surface area (Å²) < 4.78 is 11.4. The number of carbonyl (C=O) groups is 2. The van der Waals surface area contributed by atoms with Gasteiger partial charge in [-0.15, -0.1) is 11.3 Å². The molecule has 0 radical (unpaired) electrons. The number of thiophene rings is 1. The largest absolute Gasteiger partial charge is 0.485 e. The van der Waals surface area contributed by atoms with Gasteiger partial charge in [-0.25, -0.2) is 0 Å². The minimum atomic E-state index is -0.633. The molecule has 1 fully saturated rings. The molecule has 1 unspecified atom stereocenters. The fraction of sp³-hybridized carbons (Fsp3) is 0.368. The number of piperazine rings is 1. The zero-order valence-electron chi connectivity index (χ0n) is 14.5. The Kier molecular flexibility index (Phi) is 4.55. The van der Waals surface area contributed by atoms with Gasteiger partial charge >= 0.3 is 0 Å². The maximum Gasteiger partial charge on any atom is 0.267 e. The zero-order chi connectivity index (χ0) is 18.1. The molecule has 0 N–H and O–H groups in total. The SMILES string of the molecule is Cc1ccsc1C(=O)N1CCN(C(=O)C2COc3ccccc3O2)CC1. The van der Waals surface area contributed by atoms with Crippen LogP contribution in [-0.2, 0) is 4.79 Å². The summed E-state index contributed by atoms with van der Waals surface area (Å²) in [5.74, 6) is 1.23. The van der Waals surface area contributed by atoms with E-state index in [4.69, 9.17) is 9.47 Å². The smallest absolute Gasteiger partial charge is 0.267 e. The van der Waals surface area contributed by atoms with Gasteiger partial charge in [0.05, 0.1) is 4.88 Å². The van der Waals surface area contributed by atoms with Crippen molar-refractivity contribution in [1.29, 1.82) is 0 Å². The third-order valence-electron chi connectivity index (χ3n) is 4.72. The Morgan fingerprint density at radius 1 is 1.04 bits per heavy atom. The molecule has 0 aliphatic carbocycles. The summed E-state index contributed by atoms with van der Waals surface area (Å²) in [4.78, 5) is 29.7. The number of carbonyl (C=O) groups excluding carboxylic acids is 2. The Balaban J connectivity index is 1.36. The molecule has 2 amide bonds. The Labute approximate surface area is 155 Å². The van der Waals surface area contributed by atoms with Crippen LogP contribution in [0.1, 0.15) is 15.2 Å². The molecule has 0 spiro atoms. The van der Waals surface area contributed by atoms with E-state index in [0.717, 1.165) is 10.4 Å². The van der Waals surface area contributed by atoms with Gasteiger partial charge in [-0.3, -0.25) is 9.59 Å². The van der Waals surface area contributed by atoms with Gasteiger partial charge in [0.15, 0.2) is 11.5 Å². The lowest BCUT2D eigenvalue weighted by Crippen LogP contribution is -2.55. The second kappa shape index (κ2) is 6.99. The first kappa shape index (κ1) is 16.9. The van der Waals surface area contributed by atoms with Gasteiger partial charge in [0.25, 0.3) is 11.8 Å². The van der Waals surface area contributed by atoms with E-state index in [1.807, 2.05) is 41.5 Å². The lowest BCUT2D eigenvalue weighted by Gasteiger charge is -2.37. The molecule has 136 valence electrons. The number of benzene rings is 1. The van der Waals surface area contributed by atoms with Gasteiger partial charge in [0.1, 0.15) is 6.61 Å². The summed E-state index contributed by atoms with van der Waals surface area (Å²) in [7, 11) is 0. The number of hydrogen-bond donors (Lipinski definition) is 0. The van der Waals surface area contributed by atoms with E-state index in [-0.39, 0.29) is 18.4 Å². The van der Waals surface area contributed by atoms with Crippen LogP contribution in [0.5, 0.6) is 11.5 Å². The molecule has 0 saturated carbocycles. The van der Waals surface area contributed by atoms with Gasteiger partial charge in [0, 0.05) is 26.2 Å². The molecule has 1 aromatic carbocycles. The van der Waals surface area contributed by atoms with Gasteiger partial charge in [-0.05, 0) is 36.1 Å². The minimum Gasteiger partial charge on any atom is -0.485 e. The number of ether oxygens (including phenoxy) is 2. The highest BCUT2D eigenvalue weighted by molar-refractivity contribution is 7.12. The molecule has 26 heavy (non-hydrogen) atoms. The topological polar surface area (TPSA) is 59.1 Å². The molecule has 7 heteroatoms. The van der Waals surface area contributed by atoms with Crippen LogP contribution in [0.15, 0.2) is 35.7 Å². The second-order valence-corrected chi connectivity index (χ2v) is 7.33. The van der Waals surface area contributed by atoms with Crippen molar-refractivity contribution in [3.8, 4) is 11.5 Å². The van der Waals surface area contributed by atoms with E-state index in [2.05, 4.69) is 0 Å². The third kappa shape index (κ3) is 3.14. The van der Waals surface area contributed by atoms with E-state index in [1.54, 1.807) is 11.0 Å². The molecule has 3 heterocycles. The van der Waals surface area contributed by atoms with Crippen LogP contribution >= 0.6 is 11.3 Å². The van der Waals surface area contributed by atoms with Crippen LogP contribution in [-0.4, -0.2) is 60.5 Å². The fourth-order valence-electron chi connectivity index (χ4n) is 3.21. The van der Waals surface area contributed by atoms with Crippen molar-refractivity contribution in [1.82, 2.24) is 9.80 Å². The second-order valence-electron chi connectivity index (χ2n) is 6.41. The number of amides is 2. The summed E-state index contributed by atoms with van der Waals surface area (Å²) >= 11 is 1.47. The van der Waals surface area contributed by atoms with Crippen molar-refractivity contribution in [3.63, 3.8) is 0 Å². The van der Waals surface area contributed by atoms with Crippen LogP contribution in [0.25, 0.3) is 0 Å². The highest BCUT2D eigenvalue weighted by Gasteiger charge is 2.33. The van der Waals surface area contributed by atoms with Gasteiger partial charge in [0.2, 0.25) is 6.10 Å². The molecule has 0 bridgehead atoms. The molecule has 1 atom stereocenters. The molecule has 4 rings (SSSR count). The molecule has 2 aliphatic heterocycles. The first-order valence-corrected chi connectivity index (χ1v) is 9.52. The van der Waals surface area contributed by atoms with Crippen molar-refractivity contribution in [2.45, 2.75) is 13.0 Å². The molecule has 1 saturated heterocycles. The first-order chi connectivity index (χ1) is 12.6. The summed E-state index contributed by atoms with van der Waals surface area (Å²) in [6, 6.07) is 9.31. The zero-order valence-corrected chi connectivity index (χ0v) is 15.3. The van der Waals surface area contributed by atoms with Crippen molar-refractivity contribution >= 4 is 23.2 Å². The predicted molar refractivity (Wildman–Crippen MR) is 97.9 cm³/mol. The lowest BCUT2D eigenvalue weighted by atomic mass is 10.2. The van der Waals surface area contributed by atoms with Gasteiger partial charge in [-0.1, -0.05) is 12.1 Å². The maximum absolute atomic E-state index is 12.7. The molecule has 2 aliphatic rings. The number of aryl methyl sites for hydroxylation is 1. The molecular formula is C19H20N2O4S. The highest BCUT2D eigenvalue weighted by atomic mass is 32.1. The fourth-order valence-corrected chi connectivity index (χ4v) is 4.10. The quantitative estimate of drug-likeness (QED) is 0.811. The maximum atomic E-state index is 12.7. The monoisotopic (exact) mass is 372 g/mol. The Bertz CT molecular complexity index is 826. The standard InChI is InChI=1S/C19H20N2O4S/c1-13-6-11-26-17(13)19(23)21-9-7-20(8-10-21)18(22)16-12-24-14-4-2-3-5-15(14)25-16/h2-6,11,16H,7-10,12H2,1H3. The Morgan fingerprint density at radius 3 is 2.42 bits per heavy atom. The van der Waals surface area contributed by atoms with Crippen LogP contribution in [0.4, 0.5) is 0 Å². The molecule has 6 nitrogen and oxygen atoms in total. The van der Waals surface area contributed by atoms with Gasteiger partial charge < -0.3 is 19.3 Å². The van der Waals surface area contributed by atoms with Crippen molar-refractivity contribution in [2.75, 3.05) is 32.8 Å². The molecule has 2 aromatic rings. The average Bonchev–Trinajstić information content (AvgIpc) is 3.12. The molecule has 1 aromatic heterocycles. The molecular weight excluding hydrogens is 352 g/mol. The summed E-state index contributed by atoms with van der Waals surface area (Å²) in [6.45, 7) is 4.25. The number of hydrogen-bond acceptors (Lipinski definition) is 5. The van der Waals surface area contributed by atoms with Crippen LogP contribution in [0.3, 0.4) is 0 Å². The van der Waals surface area contributed by atoms with E-state index < -0.39 is 6.10 Å². The normalized spacial score (nSPS) is 19.3. The first-order valence-electron chi connectivity index (χ1n) is 8.64.